The van der Waals surface area contributed by atoms with Gasteiger partial charge in [0.2, 0.25) is 0 Å². The second kappa shape index (κ2) is 10.1. The van der Waals surface area contributed by atoms with Gasteiger partial charge in [-0.1, -0.05) is 0 Å². The summed E-state index contributed by atoms with van der Waals surface area (Å²) >= 11 is 0. The van der Waals surface area contributed by atoms with Gasteiger partial charge < -0.3 is 19.1 Å². The molecule has 0 saturated carbocycles. The number of non-ortho nitro benzene ring substituents is 1. The number of ether oxygens (including phenoxy) is 3. The molecule has 0 N–H and O–H groups in total. The molecule has 1 aromatic rings. The number of nitro groups is 1. The Morgan fingerprint density at radius 2 is 1.79 bits per heavy atom. The van der Waals surface area contributed by atoms with E-state index in [1.54, 1.807) is 4.90 Å². The van der Waals surface area contributed by atoms with E-state index in [2.05, 4.69) is 0 Å². The Morgan fingerprint density at radius 1 is 1.17 bits per heavy atom. The average molecular weight is 408 g/mol. The van der Waals surface area contributed by atoms with E-state index < -0.39 is 16.7 Å². The molecule has 1 aromatic carbocycles. The Bertz CT molecular complexity index is 705. The van der Waals surface area contributed by atoms with Crippen LogP contribution in [0.5, 0.6) is 5.75 Å². The fraction of sp³-hybridized carbons (Fsp3) is 0.600. The highest BCUT2D eigenvalue weighted by atomic mass is 16.7. The normalized spacial score (nSPS) is 14.9. The van der Waals surface area contributed by atoms with Crippen molar-refractivity contribution in [3.8, 4) is 5.75 Å². The van der Waals surface area contributed by atoms with Crippen LogP contribution in [-0.4, -0.2) is 47.4 Å². The highest BCUT2D eigenvalue weighted by molar-refractivity contribution is 5.68. The average Bonchev–Trinajstić information content (AvgIpc) is 2.65. The van der Waals surface area contributed by atoms with Gasteiger partial charge in [0.25, 0.3) is 5.69 Å². The number of piperidine rings is 1. The second-order valence-electron chi connectivity index (χ2n) is 8.00. The summed E-state index contributed by atoms with van der Waals surface area (Å²) < 4.78 is 15.4. The molecule has 0 unspecified atom stereocenters. The molecule has 0 aromatic heterocycles. The zero-order valence-electron chi connectivity index (χ0n) is 17.1. The summed E-state index contributed by atoms with van der Waals surface area (Å²) in [7, 11) is 0. The van der Waals surface area contributed by atoms with Crippen LogP contribution in [0.15, 0.2) is 24.3 Å². The van der Waals surface area contributed by atoms with Crippen molar-refractivity contribution in [2.24, 2.45) is 5.92 Å². The summed E-state index contributed by atoms with van der Waals surface area (Å²) in [5.41, 5.74) is -0.572. The van der Waals surface area contributed by atoms with Crippen LogP contribution < -0.4 is 4.74 Å². The minimum absolute atomic E-state index is 0.0802. The molecule has 1 saturated heterocycles. The summed E-state index contributed by atoms with van der Waals surface area (Å²) in [4.78, 5) is 35.5. The van der Waals surface area contributed by atoms with Gasteiger partial charge in [0, 0.05) is 25.2 Å². The van der Waals surface area contributed by atoms with Crippen LogP contribution in [0.1, 0.15) is 46.5 Å². The van der Waals surface area contributed by atoms with E-state index >= 15 is 0 Å². The molecule has 0 aliphatic carbocycles. The number of carbonyl (C=O) groups is 2. The molecule has 9 nitrogen and oxygen atoms in total. The van der Waals surface area contributed by atoms with Crippen LogP contribution in [-0.2, 0) is 9.47 Å². The fourth-order valence-corrected chi connectivity index (χ4v) is 3.02. The van der Waals surface area contributed by atoms with Crippen LogP contribution >= 0.6 is 0 Å². The van der Waals surface area contributed by atoms with Gasteiger partial charge in [-0.05, 0) is 64.5 Å². The van der Waals surface area contributed by atoms with Crippen molar-refractivity contribution in [1.29, 1.82) is 0 Å². The minimum atomic E-state index is -0.835. The van der Waals surface area contributed by atoms with Crippen molar-refractivity contribution < 1.29 is 28.7 Å². The van der Waals surface area contributed by atoms with Gasteiger partial charge in [-0.2, -0.15) is 0 Å². The van der Waals surface area contributed by atoms with Crippen LogP contribution in [0.25, 0.3) is 0 Å². The van der Waals surface area contributed by atoms with Crippen LogP contribution in [0, 0.1) is 16.0 Å². The van der Waals surface area contributed by atoms with Gasteiger partial charge >= 0.3 is 12.2 Å². The van der Waals surface area contributed by atoms with Gasteiger partial charge in [0.05, 0.1) is 11.5 Å². The van der Waals surface area contributed by atoms with E-state index in [1.165, 1.54) is 24.3 Å². The summed E-state index contributed by atoms with van der Waals surface area (Å²) in [5.74, 6) is 0.665. The molecule has 1 heterocycles. The molecular formula is C20H28N2O7. The monoisotopic (exact) mass is 408 g/mol. The van der Waals surface area contributed by atoms with Crippen molar-refractivity contribution in [2.75, 3.05) is 19.7 Å². The van der Waals surface area contributed by atoms with Crippen LogP contribution in [0.4, 0.5) is 15.3 Å². The Hall–Kier alpha value is -2.84. The third-order valence-electron chi connectivity index (χ3n) is 4.49. The number of hydrogen-bond acceptors (Lipinski definition) is 7. The first-order chi connectivity index (χ1) is 13.6. The summed E-state index contributed by atoms with van der Waals surface area (Å²) in [6.45, 7) is 7.13. The molecule has 9 heteroatoms. The highest BCUT2D eigenvalue weighted by Gasteiger charge is 2.26. The standard InChI is InChI=1S/C20H28N2O7/c1-20(2,3)29-18(23)21-12-10-15(11-13-21)5-4-14-27-19(24)28-17-8-6-16(7-9-17)22(25)26/h6-9,15H,4-5,10-14H2,1-3H3. The largest absolute Gasteiger partial charge is 0.513 e. The zero-order valence-corrected chi connectivity index (χ0v) is 17.1. The molecule has 2 rings (SSSR count). The lowest BCUT2D eigenvalue weighted by Gasteiger charge is -2.33. The lowest BCUT2D eigenvalue weighted by atomic mass is 9.92. The first-order valence-corrected chi connectivity index (χ1v) is 9.71. The van der Waals surface area contributed by atoms with Crippen molar-refractivity contribution in [2.45, 2.75) is 52.1 Å². The van der Waals surface area contributed by atoms with Gasteiger partial charge in [-0.25, -0.2) is 9.59 Å². The van der Waals surface area contributed by atoms with E-state index in [9.17, 15) is 19.7 Å². The molecule has 160 valence electrons. The third kappa shape index (κ3) is 7.97. The molecule has 0 bridgehead atoms. The first kappa shape index (κ1) is 22.4. The van der Waals surface area contributed by atoms with Crippen LogP contribution in [0.2, 0.25) is 0 Å². The SMILES string of the molecule is CC(C)(C)OC(=O)N1CCC(CCCOC(=O)Oc2ccc([N+](=O)[O-])cc2)CC1. The van der Waals surface area contributed by atoms with Crippen molar-refractivity contribution in [1.82, 2.24) is 4.90 Å². The highest BCUT2D eigenvalue weighted by Crippen LogP contribution is 2.23. The van der Waals surface area contributed by atoms with E-state index in [0.717, 1.165) is 19.3 Å². The molecular weight excluding hydrogens is 380 g/mol. The lowest BCUT2D eigenvalue weighted by molar-refractivity contribution is -0.384. The molecule has 0 atom stereocenters. The molecule has 1 aliphatic rings. The maximum absolute atomic E-state index is 12.1. The molecule has 1 aliphatic heterocycles. The molecule has 0 spiro atoms. The minimum Gasteiger partial charge on any atom is -0.444 e. The van der Waals surface area contributed by atoms with Gasteiger partial charge in [0.1, 0.15) is 11.4 Å². The van der Waals surface area contributed by atoms with E-state index in [-0.39, 0.29) is 24.1 Å². The Kier molecular flexibility index (Phi) is 7.81. The number of rotatable bonds is 6. The van der Waals surface area contributed by atoms with Gasteiger partial charge in [-0.15, -0.1) is 0 Å². The number of likely N-dealkylation sites (tertiary alicyclic amines) is 1. The van der Waals surface area contributed by atoms with E-state index in [1.807, 2.05) is 20.8 Å². The molecule has 1 fully saturated rings. The van der Waals surface area contributed by atoms with Crippen LogP contribution in [0.3, 0.4) is 0 Å². The summed E-state index contributed by atoms with van der Waals surface area (Å²) in [6, 6.07) is 5.20. The smallest absolute Gasteiger partial charge is 0.444 e. The van der Waals surface area contributed by atoms with Gasteiger partial charge in [-0.3, -0.25) is 10.1 Å². The number of nitro benzene ring substituents is 1. The van der Waals surface area contributed by atoms with Crippen molar-refractivity contribution >= 4 is 17.9 Å². The van der Waals surface area contributed by atoms with Gasteiger partial charge in [0.15, 0.2) is 0 Å². The van der Waals surface area contributed by atoms with Crippen molar-refractivity contribution in [3.05, 3.63) is 34.4 Å². The quantitative estimate of drug-likeness (QED) is 0.223. The Balaban J connectivity index is 1.60. The van der Waals surface area contributed by atoms with Crippen molar-refractivity contribution in [3.63, 3.8) is 0 Å². The topological polar surface area (TPSA) is 108 Å². The first-order valence-electron chi connectivity index (χ1n) is 9.71. The number of benzene rings is 1. The fourth-order valence-electron chi connectivity index (χ4n) is 3.02. The predicted molar refractivity (Wildman–Crippen MR) is 105 cm³/mol. The Morgan fingerprint density at radius 3 is 2.34 bits per heavy atom. The molecule has 29 heavy (non-hydrogen) atoms. The number of carbonyl (C=O) groups excluding carboxylic acids is 2. The molecule has 0 radical (unpaired) electrons. The zero-order chi connectivity index (χ0) is 21.4. The lowest BCUT2D eigenvalue weighted by Crippen LogP contribution is -2.41. The number of amides is 1. The van der Waals surface area contributed by atoms with E-state index in [4.69, 9.17) is 14.2 Å². The second-order valence-corrected chi connectivity index (χ2v) is 8.00. The molecule has 1 amide bonds. The predicted octanol–water partition coefficient (Wildman–Crippen LogP) is 4.54. The third-order valence-corrected chi connectivity index (χ3v) is 4.49. The Labute approximate surface area is 170 Å². The summed E-state index contributed by atoms with van der Waals surface area (Å²) in [5, 5.41) is 10.6. The number of hydrogen-bond donors (Lipinski definition) is 0. The number of nitrogens with zero attached hydrogens (tertiary/aromatic N) is 2. The summed E-state index contributed by atoms with van der Waals surface area (Å²) in [6.07, 6.45) is 2.28. The maximum Gasteiger partial charge on any atom is 0.513 e. The maximum atomic E-state index is 12.1. The van der Waals surface area contributed by atoms with E-state index in [0.29, 0.717) is 25.4 Å².